The number of aromatic nitrogens is 1. The lowest BCUT2D eigenvalue weighted by molar-refractivity contribution is -0.120. The van der Waals surface area contributed by atoms with E-state index in [2.05, 4.69) is 10.2 Å². The number of benzene rings is 3. The van der Waals surface area contributed by atoms with Gasteiger partial charge in [-0.15, -0.1) is 10.2 Å². The van der Waals surface area contributed by atoms with Crippen molar-refractivity contribution in [2.45, 2.75) is 13.5 Å². The number of carbonyl (C=O) groups is 1. The Hall–Kier alpha value is -4.33. The Morgan fingerprint density at radius 2 is 1.65 bits per heavy atom. The van der Waals surface area contributed by atoms with Crippen LogP contribution in [0, 0.1) is 6.92 Å². The summed E-state index contributed by atoms with van der Waals surface area (Å²) in [6.07, 6.45) is 0. The molecule has 0 bridgehead atoms. The minimum atomic E-state index is -0.559. The van der Waals surface area contributed by atoms with Crippen molar-refractivity contribution in [1.29, 1.82) is 0 Å². The second-order valence-electron chi connectivity index (χ2n) is 7.54. The number of carbonyl (C=O) groups excluding carboxylic acids is 1. The summed E-state index contributed by atoms with van der Waals surface area (Å²) in [6, 6.07) is 22.1. The normalized spacial score (nSPS) is 11.1. The van der Waals surface area contributed by atoms with Gasteiger partial charge in [0.15, 0.2) is 23.8 Å². The van der Waals surface area contributed by atoms with Crippen LogP contribution in [0.2, 0.25) is 0 Å². The van der Waals surface area contributed by atoms with E-state index >= 15 is 0 Å². The topological polar surface area (TPSA) is 94.6 Å². The van der Waals surface area contributed by atoms with Crippen molar-refractivity contribution in [1.82, 2.24) is 4.57 Å². The molecule has 0 aliphatic heterocycles. The highest BCUT2D eigenvalue weighted by atomic mass is 16.5. The number of para-hydroxylation sites is 3. The molecule has 4 aromatic rings. The molecule has 174 valence electrons. The molecule has 1 amide bonds. The van der Waals surface area contributed by atoms with E-state index < -0.39 is 5.91 Å². The molecule has 0 aliphatic carbocycles. The zero-order valence-electron chi connectivity index (χ0n) is 19.0. The highest BCUT2D eigenvalue weighted by Crippen LogP contribution is 2.38. The van der Waals surface area contributed by atoms with Crippen molar-refractivity contribution in [3.8, 4) is 23.1 Å². The molecular weight excluding hydrogens is 434 g/mol. The fraction of sp³-hybridized carbons (Fsp3) is 0.192. The number of hydrogen-bond donors (Lipinski definition) is 1. The van der Waals surface area contributed by atoms with Crippen molar-refractivity contribution >= 4 is 22.5 Å². The minimum Gasteiger partial charge on any atom is -0.493 e. The van der Waals surface area contributed by atoms with Crippen molar-refractivity contribution in [3.63, 3.8) is 0 Å². The molecule has 34 heavy (non-hydrogen) atoms. The quantitative estimate of drug-likeness (QED) is 0.337. The summed E-state index contributed by atoms with van der Waals surface area (Å²) in [5.41, 5.74) is 2.07. The first-order valence-electron chi connectivity index (χ1n) is 10.8. The molecule has 0 radical (unpaired) electrons. The van der Waals surface area contributed by atoms with Crippen molar-refractivity contribution in [3.05, 3.63) is 78.4 Å². The Morgan fingerprint density at radius 3 is 2.41 bits per heavy atom. The Bertz CT molecular complexity index is 1310. The number of aromatic hydroxyl groups is 1. The summed E-state index contributed by atoms with van der Waals surface area (Å²) in [7, 11) is 1.58. The number of methoxy groups -OCH3 is 1. The Morgan fingerprint density at radius 1 is 0.941 bits per heavy atom. The number of nitrogens with zero attached hydrogens (tertiary/aromatic N) is 3. The van der Waals surface area contributed by atoms with Crippen LogP contribution in [0.25, 0.3) is 10.9 Å². The smallest absolute Gasteiger partial charge is 0.302 e. The SMILES string of the molecule is COc1ccccc1OCCn1c(O)c(N=NC(=O)COc2ccc(C)cc2)c2ccccc21. The van der Waals surface area contributed by atoms with Gasteiger partial charge in [-0.05, 0) is 37.3 Å². The van der Waals surface area contributed by atoms with Crippen LogP contribution < -0.4 is 14.2 Å². The maximum atomic E-state index is 12.2. The molecule has 1 heterocycles. The van der Waals surface area contributed by atoms with Gasteiger partial charge in [0.1, 0.15) is 12.4 Å². The van der Waals surface area contributed by atoms with E-state index in [1.165, 1.54) is 0 Å². The molecule has 0 spiro atoms. The zero-order valence-corrected chi connectivity index (χ0v) is 19.0. The molecule has 0 saturated carbocycles. The molecule has 0 unspecified atom stereocenters. The molecule has 1 aromatic heterocycles. The molecule has 4 rings (SSSR count). The summed E-state index contributed by atoms with van der Waals surface area (Å²) in [4.78, 5) is 12.2. The largest absolute Gasteiger partial charge is 0.493 e. The zero-order chi connectivity index (χ0) is 23.9. The van der Waals surface area contributed by atoms with Gasteiger partial charge in [0, 0.05) is 5.39 Å². The molecule has 3 aromatic carbocycles. The van der Waals surface area contributed by atoms with Crippen molar-refractivity contribution in [2.24, 2.45) is 10.2 Å². The van der Waals surface area contributed by atoms with E-state index in [4.69, 9.17) is 14.2 Å². The van der Waals surface area contributed by atoms with Gasteiger partial charge in [0.05, 0.1) is 19.2 Å². The second-order valence-corrected chi connectivity index (χ2v) is 7.54. The standard InChI is InChI=1S/C26H25N3O5/c1-18-11-13-19(14-12-18)34-17-24(30)27-28-25-20-7-3-4-8-21(20)29(26(25)31)15-16-33-23-10-6-5-9-22(23)32-2/h3-14,31H,15-17H2,1-2H3. The molecular formula is C26H25N3O5. The van der Waals surface area contributed by atoms with Crippen LogP contribution >= 0.6 is 0 Å². The van der Waals surface area contributed by atoms with E-state index in [1.807, 2.05) is 67.6 Å². The van der Waals surface area contributed by atoms with E-state index in [0.717, 1.165) is 11.1 Å². The van der Waals surface area contributed by atoms with Gasteiger partial charge in [-0.1, -0.05) is 48.0 Å². The number of amides is 1. The summed E-state index contributed by atoms with van der Waals surface area (Å²) < 4.78 is 18.3. The molecule has 1 N–H and O–H groups in total. The minimum absolute atomic E-state index is 0.0965. The van der Waals surface area contributed by atoms with Crippen LogP contribution in [0.15, 0.2) is 83.0 Å². The summed E-state index contributed by atoms with van der Waals surface area (Å²) in [5.74, 6) is 1.16. The number of azo groups is 1. The molecule has 0 atom stereocenters. The van der Waals surface area contributed by atoms with Gasteiger partial charge in [-0.25, -0.2) is 0 Å². The van der Waals surface area contributed by atoms with E-state index in [-0.39, 0.29) is 24.8 Å². The molecule has 0 fully saturated rings. The average Bonchev–Trinajstić information content (AvgIpc) is 3.13. The lowest BCUT2D eigenvalue weighted by Gasteiger charge is -2.11. The molecule has 8 heteroatoms. The van der Waals surface area contributed by atoms with Gasteiger partial charge in [-0.2, -0.15) is 0 Å². The highest BCUT2D eigenvalue weighted by molar-refractivity contribution is 5.95. The summed E-state index contributed by atoms with van der Waals surface area (Å²) in [6.45, 7) is 2.35. The maximum Gasteiger partial charge on any atom is 0.302 e. The van der Waals surface area contributed by atoms with E-state index in [1.54, 1.807) is 23.8 Å². The third-order valence-electron chi connectivity index (χ3n) is 5.20. The summed E-state index contributed by atoms with van der Waals surface area (Å²) >= 11 is 0. The summed E-state index contributed by atoms with van der Waals surface area (Å²) in [5, 5.41) is 19.3. The van der Waals surface area contributed by atoms with Crippen LogP contribution in [0.5, 0.6) is 23.1 Å². The first-order chi connectivity index (χ1) is 16.6. The van der Waals surface area contributed by atoms with E-state index in [9.17, 15) is 9.90 Å². The van der Waals surface area contributed by atoms with E-state index in [0.29, 0.717) is 29.2 Å². The van der Waals surface area contributed by atoms with Crippen molar-refractivity contribution in [2.75, 3.05) is 20.3 Å². The number of ether oxygens (including phenoxy) is 3. The number of hydrogen-bond acceptors (Lipinski definition) is 6. The molecule has 8 nitrogen and oxygen atoms in total. The fourth-order valence-electron chi connectivity index (χ4n) is 3.50. The lowest BCUT2D eigenvalue weighted by Crippen LogP contribution is -2.08. The average molecular weight is 460 g/mol. The van der Waals surface area contributed by atoms with Gasteiger partial charge in [-0.3, -0.25) is 4.79 Å². The monoisotopic (exact) mass is 459 g/mol. The van der Waals surface area contributed by atoms with Crippen LogP contribution in [-0.2, 0) is 11.3 Å². The van der Waals surface area contributed by atoms with Crippen LogP contribution in [0.1, 0.15) is 5.56 Å². The van der Waals surface area contributed by atoms with Gasteiger partial charge < -0.3 is 23.9 Å². The number of fused-ring (bicyclic) bond motifs is 1. The fourth-order valence-corrected chi connectivity index (χ4v) is 3.50. The second kappa shape index (κ2) is 10.5. The van der Waals surface area contributed by atoms with Crippen LogP contribution in [0.3, 0.4) is 0 Å². The third-order valence-corrected chi connectivity index (χ3v) is 5.20. The Kier molecular flexibility index (Phi) is 7.07. The molecule has 0 saturated heterocycles. The van der Waals surface area contributed by atoms with Gasteiger partial charge >= 0.3 is 5.91 Å². The highest BCUT2D eigenvalue weighted by Gasteiger charge is 2.17. The predicted molar refractivity (Wildman–Crippen MR) is 128 cm³/mol. The van der Waals surface area contributed by atoms with Gasteiger partial charge in [0.2, 0.25) is 5.88 Å². The lowest BCUT2D eigenvalue weighted by atomic mass is 10.2. The molecule has 0 aliphatic rings. The van der Waals surface area contributed by atoms with Crippen LogP contribution in [0.4, 0.5) is 5.69 Å². The first kappa shape index (κ1) is 22.8. The number of aryl methyl sites for hydroxylation is 1. The van der Waals surface area contributed by atoms with Gasteiger partial charge in [0.25, 0.3) is 0 Å². The maximum absolute atomic E-state index is 12.2. The van der Waals surface area contributed by atoms with Crippen molar-refractivity contribution < 1.29 is 24.1 Å². The third kappa shape index (κ3) is 5.17. The number of rotatable bonds is 9. The van der Waals surface area contributed by atoms with Crippen LogP contribution in [-0.4, -0.2) is 35.9 Å². The first-order valence-corrected chi connectivity index (χ1v) is 10.8. The predicted octanol–water partition coefficient (Wildman–Crippen LogP) is 5.43. The Labute approximate surface area is 197 Å². The Balaban J connectivity index is 1.47.